The van der Waals surface area contributed by atoms with Gasteiger partial charge in [0.2, 0.25) is 17.7 Å². The van der Waals surface area contributed by atoms with E-state index in [0.717, 1.165) is 29.4 Å². The molecule has 0 saturated carbocycles. The molecule has 3 rings (SSSR count). The van der Waals surface area contributed by atoms with Gasteiger partial charge in [-0.3, -0.25) is 14.4 Å². The summed E-state index contributed by atoms with van der Waals surface area (Å²) < 4.78 is 0. The van der Waals surface area contributed by atoms with Gasteiger partial charge in [-0.1, -0.05) is 32.0 Å². The fourth-order valence-electron chi connectivity index (χ4n) is 4.65. The zero-order valence-corrected chi connectivity index (χ0v) is 23.0. The van der Waals surface area contributed by atoms with E-state index >= 15 is 0 Å². The third-order valence-electron chi connectivity index (χ3n) is 6.67. The van der Waals surface area contributed by atoms with Crippen LogP contribution in [0.3, 0.4) is 0 Å². The highest BCUT2D eigenvalue weighted by Crippen LogP contribution is 2.20. The van der Waals surface area contributed by atoms with Gasteiger partial charge in [0.1, 0.15) is 18.1 Å². The summed E-state index contributed by atoms with van der Waals surface area (Å²) in [7, 11) is 0. The molecule has 0 radical (unpaired) electrons. The van der Waals surface area contributed by atoms with E-state index in [1.165, 1.54) is 11.8 Å². The largest absolute Gasteiger partial charge is 0.480 e. The number of aromatic nitrogens is 1. The summed E-state index contributed by atoms with van der Waals surface area (Å²) in [6.07, 6.45) is 6.08. The first-order chi connectivity index (χ1) is 18.2. The van der Waals surface area contributed by atoms with E-state index in [4.69, 9.17) is 0 Å². The lowest BCUT2D eigenvalue weighted by atomic mass is 10.00. The summed E-state index contributed by atoms with van der Waals surface area (Å²) in [4.78, 5) is 54.6. The Morgan fingerprint density at radius 2 is 1.76 bits per heavy atom. The number of thioether (sulfide) groups is 1. The first-order valence-electron chi connectivity index (χ1n) is 13.1. The van der Waals surface area contributed by atoms with E-state index in [9.17, 15) is 24.3 Å². The van der Waals surface area contributed by atoms with E-state index in [1.807, 2.05) is 44.4 Å². The van der Waals surface area contributed by atoms with Gasteiger partial charge in [-0.25, -0.2) is 4.79 Å². The molecule has 3 amide bonds. The van der Waals surface area contributed by atoms with Crippen molar-refractivity contribution in [2.24, 2.45) is 5.92 Å². The number of carbonyl (C=O) groups excluding carboxylic acids is 3. The van der Waals surface area contributed by atoms with Crippen LogP contribution in [0.5, 0.6) is 0 Å². The van der Waals surface area contributed by atoms with Gasteiger partial charge >= 0.3 is 5.97 Å². The number of benzene rings is 1. The van der Waals surface area contributed by atoms with Gasteiger partial charge < -0.3 is 31.4 Å². The van der Waals surface area contributed by atoms with Crippen molar-refractivity contribution >= 4 is 46.4 Å². The lowest BCUT2D eigenvalue weighted by Crippen LogP contribution is -2.57. The Balaban J connectivity index is 1.82. The van der Waals surface area contributed by atoms with Crippen LogP contribution in [0.1, 0.15) is 45.1 Å². The van der Waals surface area contributed by atoms with Crippen LogP contribution in [0.25, 0.3) is 10.9 Å². The molecule has 0 aliphatic carbocycles. The minimum Gasteiger partial charge on any atom is -0.480 e. The van der Waals surface area contributed by atoms with E-state index in [-0.39, 0.29) is 30.7 Å². The molecule has 6 N–H and O–H groups in total. The molecular weight excluding hydrogens is 506 g/mol. The maximum Gasteiger partial charge on any atom is 0.326 e. The second kappa shape index (κ2) is 14.2. The molecule has 1 aromatic carbocycles. The standard InChI is InChI=1S/C27H39N5O5S/c1-16(2)13-22(31-24(33)20-9-6-11-28-20)25(34)32-23(26(35)30-21(27(36)37)10-12-38-3)14-17-15-29-19-8-5-4-7-18(17)19/h4-5,7-8,15-16,20-23,28-29H,6,9-14H2,1-3H3,(H,30,35)(H,31,33)(H,32,34)(H,36,37). The number of nitrogens with one attached hydrogen (secondary N) is 5. The van der Waals surface area contributed by atoms with Crippen LogP contribution in [0.4, 0.5) is 0 Å². The Morgan fingerprint density at radius 1 is 1.05 bits per heavy atom. The number of aromatic amines is 1. The van der Waals surface area contributed by atoms with Crippen molar-refractivity contribution in [2.45, 2.75) is 70.1 Å². The lowest BCUT2D eigenvalue weighted by Gasteiger charge is -2.26. The predicted molar refractivity (Wildman–Crippen MR) is 149 cm³/mol. The van der Waals surface area contributed by atoms with Gasteiger partial charge in [0.15, 0.2) is 0 Å². The summed E-state index contributed by atoms with van der Waals surface area (Å²) in [6, 6.07) is 4.36. The van der Waals surface area contributed by atoms with Crippen molar-refractivity contribution in [3.63, 3.8) is 0 Å². The highest BCUT2D eigenvalue weighted by atomic mass is 32.2. The number of H-pyrrole nitrogens is 1. The van der Waals surface area contributed by atoms with E-state index < -0.39 is 35.9 Å². The number of carboxylic acids is 1. The molecule has 0 spiro atoms. The fourth-order valence-corrected chi connectivity index (χ4v) is 5.12. The molecule has 11 heteroatoms. The van der Waals surface area contributed by atoms with Crippen LogP contribution in [0.15, 0.2) is 30.5 Å². The molecule has 208 valence electrons. The molecule has 1 fully saturated rings. The van der Waals surface area contributed by atoms with Crippen molar-refractivity contribution in [1.82, 2.24) is 26.3 Å². The minimum absolute atomic E-state index is 0.117. The zero-order chi connectivity index (χ0) is 27.7. The number of hydrogen-bond acceptors (Lipinski definition) is 6. The Kier molecular flexibility index (Phi) is 11.0. The van der Waals surface area contributed by atoms with Gasteiger partial charge in [0, 0.05) is 23.5 Å². The summed E-state index contributed by atoms with van der Waals surface area (Å²) in [5.41, 5.74) is 1.71. The average Bonchev–Trinajstić information content (AvgIpc) is 3.56. The van der Waals surface area contributed by atoms with E-state index in [2.05, 4.69) is 26.3 Å². The number of carboxylic acid groups (broad SMARTS) is 1. The van der Waals surface area contributed by atoms with Gasteiger partial charge in [0.25, 0.3) is 0 Å². The molecular formula is C27H39N5O5S. The maximum absolute atomic E-state index is 13.5. The zero-order valence-electron chi connectivity index (χ0n) is 22.2. The van der Waals surface area contributed by atoms with Crippen LogP contribution in [-0.2, 0) is 25.6 Å². The highest BCUT2D eigenvalue weighted by molar-refractivity contribution is 7.98. The first kappa shape index (κ1) is 29.5. The molecule has 38 heavy (non-hydrogen) atoms. The van der Waals surface area contributed by atoms with Crippen molar-refractivity contribution in [2.75, 3.05) is 18.6 Å². The van der Waals surface area contributed by atoms with E-state index in [0.29, 0.717) is 18.6 Å². The molecule has 1 saturated heterocycles. The van der Waals surface area contributed by atoms with Crippen LogP contribution in [0.2, 0.25) is 0 Å². The normalized spacial score (nSPS) is 17.6. The molecule has 1 aromatic heterocycles. The van der Waals surface area contributed by atoms with E-state index in [1.54, 1.807) is 6.20 Å². The number of amides is 3. The molecule has 0 bridgehead atoms. The summed E-state index contributed by atoms with van der Waals surface area (Å²) in [5.74, 6) is -1.73. The van der Waals surface area contributed by atoms with Crippen LogP contribution >= 0.6 is 11.8 Å². The Bertz CT molecular complexity index is 1110. The number of fused-ring (bicyclic) bond motifs is 1. The third kappa shape index (κ3) is 8.22. The summed E-state index contributed by atoms with van der Waals surface area (Å²) >= 11 is 1.49. The minimum atomic E-state index is -1.13. The second-order valence-electron chi connectivity index (χ2n) is 10.1. The molecule has 4 atom stereocenters. The van der Waals surface area contributed by atoms with Crippen molar-refractivity contribution in [1.29, 1.82) is 0 Å². The lowest BCUT2D eigenvalue weighted by molar-refractivity contribution is -0.142. The average molecular weight is 546 g/mol. The monoisotopic (exact) mass is 545 g/mol. The number of hydrogen-bond donors (Lipinski definition) is 6. The smallest absolute Gasteiger partial charge is 0.326 e. The summed E-state index contributed by atoms with van der Waals surface area (Å²) in [6.45, 7) is 4.67. The highest BCUT2D eigenvalue weighted by Gasteiger charge is 2.32. The van der Waals surface area contributed by atoms with Crippen LogP contribution < -0.4 is 21.3 Å². The number of para-hydroxylation sites is 1. The number of rotatable bonds is 14. The third-order valence-corrected chi connectivity index (χ3v) is 7.32. The molecule has 1 aliphatic heterocycles. The van der Waals surface area contributed by atoms with Gasteiger partial charge in [-0.15, -0.1) is 0 Å². The van der Waals surface area contributed by atoms with Crippen molar-refractivity contribution < 1.29 is 24.3 Å². The number of carbonyl (C=O) groups is 4. The Labute approximate surface area is 227 Å². The van der Waals surface area contributed by atoms with Gasteiger partial charge in [-0.05, 0) is 61.8 Å². The van der Waals surface area contributed by atoms with Crippen molar-refractivity contribution in [3.05, 3.63) is 36.0 Å². The predicted octanol–water partition coefficient (Wildman–Crippen LogP) is 1.80. The number of aliphatic carboxylic acids is 1. The SMILES string of the molecule is CSCCC(NC(=O)C(Cc1c[nH]c2ccccc12)NC(=O)C(CC(C)C)NC(=O)C1CCCN1)C(=O)O. The molecule has 4 unspecified atom stereocenters. The Morgan fingerprint density at radius 3 is 2.42 bits per heavy atom. The van der Waals surface area contributed by atoms with Gasteiger partial charge in [0.05, 0.1) is 6.04 Å². The topological polar surface area (TPSA) is 152 Å². The second-order valence-corrected chi connectivity index (χ2v) is 11.1. The molecule has 2 aromatic rings. The quantitative estimate of drug-likeness (QED) is 0.212. The molecule has 2 heterocycles. The molecule has 10 nitrogen and oxygen atoms in total. The van der Waals surface area contributed by atoms with Crippen molar-refractivity contribution in [3.8, 4) is 0 Å². The maximum atomic E-state index is 13.5. The van der Waals surface area contributed by atoms with Gasteiger partial charge in [-0.2, -0.15) is 11.8 Å². The fraction of sp³-hybridized carbons (Fsp3) is 0.556. The summed E-state index contributed by atoms with van der Waals surface area (Å²) in [5, 5.41) is 22.0. The molecule has 1 aliphatic rings. The van der Waals surface area contributed by atoms with Crippen LogP contribution in [0, 0.1) is 5.92 Å². The first-order valence-corrected chi connectivity index (χ1v) is 14.5. The van der Waals surface area contributed by atoms with Crippen LogP contribution in [-0.4, -0.2) is 76.5 Å². The Hall–Kier alpha value is -3.05.